The quantitative estimate of drug-likeness (QED) is 0.891. The molecule has 20 heavy (non-hydrogen) atoms. The summed E-state index contributed by atoms with van der Waals surface area (Å²) < 4.78 is 6.38. The van der Waals surface area contributed by atoms with Gasteiger partial charge in [-0.05, 0) is 52.7 Å². The van der Waals surface area contributed by atoms with Gasteiger partial charge in [-0.25, -0.2) is 0 Å². The average Bonchev–Trinajstić information content (AvgIpc) is 2.43. The number of ether oxygens (including phenoxy) is 1. The van der Waals surface area contributed by atoms with E-state index in [9.17, 15) is 4.79 Å². The Morgan fingerprint density at radius 3 is 2.65 bits per heavy atom. The number of aryl methyl sites for hydroxylation is 1. The monoisotopic (exact) mass is 333 g/mol. The lowest BCUT2D eigenvalue weighted by Gasteiger charge is -2.09. The second-order valence-corrected chi connectivity index (χ2v) is 5.30. The molecule has 0 saturated heterocycles. The lowest BCUT2D eigenvalue weighted by atomic mass is 10.2. The van der Waals surface area contributed by atoms with E-state index in [1.807, 2.05) is 55.5 Å². The van der Waals surface area contributed by atoms with E-state index < -0.39 is 0 Å². The highest BCUT2D eigenvalue weighted by Crippen LogP contribution is 2.23. The predicted molar refractivity (Wildman–Crippen MR) is 84.1 cm³/mol. The highest BCUT2D eigenvalue weighted by Gasteiger charge is 2.06. The number of benzene rings is 2. The topological polar surface area (TPSA) is 38.3 Å². The first-order chi connectivity index (χ1) is 9.65. The van der Waals surface area contributed by atoms with Gasteiger partial charge < -0.3 is 10.1 Å². The minimum atomic E-state index is -0.0644. The molecule has 2 rings (SSSR count). The molecule has 1 amide bonds. The van der Waals surface area contributed by atoms with Crippen molar-refractivity contribution in [2.75, 3.05) is 11.9 Å². The third-order valence-corrected chi connectivity index (χ3v) is 3.40. The number of hydrogen-bond donors (Lipinski definition) is 1. The van der Waals surface area contributed by atoms with E-state index in [4.69, 9.17) is 4.74 Å². The normalized spacial score (nSPS) is 10.1. The van der Waals surface area contributed by atoms with Gasteiger partial charge in [0.05, 0.1) is 18.7 Å². The lowest BCUT2D eigenvalue weighted by Crippen LogP contribution is -2.15. The van der Waals surface area contributed by atoms with Crippen molar-refractivity contribution in [3.05, 3.63) is 58.6 Å². The molecule has 2 aromatic rings. The Morgan fingerprint density at radius 1 is 1.20 bits per heavy atom. The van der Waals surface area contributed by atoms with E-state index in [0.29, 0.717) is 13.0 Å². The van der Waals surface area contributed by atoms with Crippen molar-refractivity contribution >= 4 is 27.5 Å². The summed E-state index contributed by atoms with van der Waals surface area (Å²) in [6.45, 7) is 2.36. The van der Waals surface area contributed by atoms with Gasteiger partial charge in [0.1, 0.15) is 5.75 Å². The van der Waals surface area contributed by atoms with E-state index in [1.165, 1.54) is 0 Å². The van der Waals surface area contributed by atoms with Crippen molar-refractivity contribution in [3.8, 4) is 5.75 Å². The molecule has 0 unspecified atom stereocenters. The van der Waals surface area contributed by atoms with Gasteiger partial charge >= 0.3 is 0 Å². The number of rotatable bonds is 5. The van der Waals surface area contributed by atoms with Crippen molar-refractivity contribution in [1.82, 2.24) is 0 Å². The van der Waals surface area contributed by atoms with Crippen LogP contribution < -0.4 is 10.1 Å². The first-order valence-corrected chi connectivity index (χ1v) is 7.18. The number of hydrogen-bond acceptors (Lipinski definition) is 2. The van der Waals surface area contributed by atoms with Crippen LogP contribution in [-0.2, 0) is 4.79 Å². The van der Waals surface area contributed by atoms with Gasteiger partial charge in [0, 0.05) is 4.47 Å². The molecule has 104 valence electrons. The average molecular weight is 334 g/mol. The number of halogens is 1. The summed E-state index contributed by atoms with van der Waals surface area (Å²) in [6, 6.07) is 15.3. The van der Waals surface area contributed by atoms with Gasteiger partial charge in [-0.2, -0.15) is 0 Å². The fourth-order valence-electron chi connectivity index (χ4n) is 1.71. The number of carbonyl (C=O) groups is 1. The summed E-state index contributed by atoms with van der Waals surface area (Å²) in [5, 5.41) is 2.86. The second-order valence-electron chi connectivity index (χ2n) is 4.44. The molecular formula is C16H16BrNO2. The molecular weight excluding hydrogens is 318 g/mol. The zero-order valence-electron chi connectivity index (χ0n) is 11.2. The van der Waals surface area contributed by atoms with E-state index in [0.717, 1.165) is 21.5 Å². The maximum atomic E-state index is 11.8. The Balaban J connectivity index is 1.81. The van der Waals surface area contributed by atoms with Gasteiger partial charge in [-0.3, -0.25) is 4.79 Å². The molecule has 3 nitrogen and oxygen atoms in total. The Labute approximate surface area is 127 Å². The van der Waals surface area contributed by atoms with E-state index >= 15 is 0 Å². The summed E-state index contributed by atoms with van der Waals surface area (Å²) in [5.41, 5.74) is 1.92. The lowest BCUT2D eigenvalue weighted by molar-refractivity contribution is -0.116. The molecule has 0 bridgehead atoms. The molecule has 0 atom stereocenters. The Kier molecular flexibility index (Phi) is 5.18. The summed E-state index contributed by atoms with van der Waals surface area (Å²) in [6.07, 6.45) is 0.315. The van der Waals surface area contributed by atoms with E-state index in [2.05, 4.69) is 21.2 Å². The fourth-order valence-corrected chi connectivity index (χ4v) is 2.30. The molecule has 0 fully saturated rings. The van der Waals surface area contributed by atoms with Gasteiger partial charge in [0.2, 0.25) is 5.91 Å². The third-order valence-electron chi connectivity index (χ3n) is 2.74. The smallest absolute Gasteiger partial charge is 0.227 e. The number of carbonyl (C=O) groups excluding carboxylic acids is 1. The van der Waals surface area contributed by atoms with Crippen LogP contribution in [0.3, 0.4) is 0 Å². The molecule has 0 aliphatic rings. The maximum absolute atomic E-state index is 11.8. The van der Waals surface area contributed by atoms with E-state index in [-0.39, 0.29) is 5.91 Å². The van der Waals surface area contributed by atoms with Crippen LogP contribution in [0.15, 0.2) is 53.0 Å². The number of para-hydroxylation sites is 1. The van der Waals surface area contributed by atoms with Gasteiger partial charge in [-0.1, -0.05) is 24.3 Å². The van der Waals surface area contributed by atoms with Crippen LogP contribution in [0.2, 0.25) is 0 Å². The molecule has 0 saturated carbocycles. The number of anilines is 1. The summed E-state index contributed by atoms with van der Waals surface area (Å²) in [4.78, 5) is 11.8. The van der Waals surface area contributed by atoms with Crippen LogP contribution in [0, 0.1) is 6.92 Å². The fraction of sp³-hybridized carbons (Fsp3) is 0.188. The number of nitrogens with one attached hydrogen (secondary N) is 1. The molecule has 2 aromatic carbocycles. The predicted octanol–water partition coefficient (Wildman–Crippen LogP) is 4.17. The maximum Gasteiger partial charge on any atom is 0.227 e. The van der Waals surface area contributed by atoms with Crippen molar-refractivity contribution in [2.24, 2.45) is 0 Å². The van der Waals surface area contributed by atoms with Crippen molar-refractivity contribution in [2.45, 2.75) is 13.3 Å². The first-order valence-electron chi connectivity index (χ1n) is 6.39. The van der Waals surface area contributed by atoms with Gasteiger partial charge in [0.15, 0.2) is 0 Å². The molecule has 0 heterocycles. The second kappa shape index (κ2) is 7.10. The summed E-state index contributed by atoms with van der Waals surface area (Å²) in [7, 11) is 0. The van der Waals surface area contributed by atoms with Gasteiger partial charge in [-0.15, -0.1) is 0 Å². The Hall–Kier alpha value is -1.81. The molecule has 0 aliphatic heterocycles. The third kappa shape index (κ3) is 4.38. The highest BCUT2D eigenvalue weighted by atomic mass is 79.9. The standard InChI is InChI=1S/C16H16BrNO2/c1-12-7-8-15(14(17)11-12)18-16(19)9-10-20-13-5-3-2-4-6-13/h2-8,11H,9-10H2,1H3,(H,18,19). The Bertz CT molecular complexity index is 584. The van der Waals surface area contributed by atoms with Gasteiger partial charge in [0.25, 0.3) is 0 Å². The van der Waals surface area contributed by atoms with Crippen LogP contribution in [0.5, 0.6) is 5.75 Å². The van der Waals surface area contributed by atoms with Crippen molar-refractivity contribution in [3.63, 3.8) is 0 Å². The summed E-state index contributed by atoms with van der Waals surface area (Å²) in [5.74, 6) is 0.710. The molecule has 1 N–H and O–H groups in total. The van der Waals surface area contributed by atoms with Crippen LogP contribution in [0.1, 0.15) is 12.0 Å². The molecule has 0 aliphatic carbocycles. The van der Waals surface area contributed by atoms with Crippen LogP contribution in [-0.4, -0.2) is 12.5 Å². The Morgan fingerprint density at radius 2 is 1.95 bits per heavy atom. The minimum absolute atomic E-state index is 0.0644. The van der Waals surface area contributed by atoms with E-state index in [1.54, 1.807) is 0 Å². The van der Waals surface area contributed by atoms with Crippen LogP contribution >= 0.6 is 15.9 Å². The molecule has 0 spiro atoms. The minimum Gasteiger partial charge on any atom is -0.493 e. The largest absolute Gasteiger partial charge is 0.493 e. The van der Waals surface area contributed by atoms with Crippen molar-refractivity contribution in [1.29, 1.82) is 0 Å². The molecule has 4 heteroatoms. The van der Waals surface area contributed by atoms with Crippen LogP contribution in [0.25, 0.3) is 0 Å². The number of amides is 1. The zero-order valence-corrected chi connectivity index (χ0v) is 12.8. The van der Waals surface area contributed by atoms with Crippen LogP contribution in [0.4, 0.5) is 5.69 Å². The molecule has 0 radical (unpaired) electrons. The molecule has 0 aromatic heterocycles. The first kappa shape index (κ1) is 14.6. The highest BCUT2D eigenvalue weighted by molar-refractivity contribution is 9.10. The summed E-state index contributed by atoms with van der Waals surface area (Å²) >= 11 is 3.43. The SMILES string of the molecule is Cc1ccc(NC(=O)CCOc2ccccc2)c(Br)c1. The van der Waals surface area contributed by atoms with Crippen molar-refractivity contribution < 1.29 is 9.53 Å². The zero-order chi connectivity index (χ0) is 14.4.